The van der Waals surface area contributed by atoms with E-state index in [4.69, 9.17) is 9.47 Å². The number of hydrogen-bond donors (Lipinski definition) is 1. The van der Waals surface area contributed by atoms with Gasteiger partial charge in [0.1, 0.15) is 5.75 Å². The van der Waals surface area contributed by atoms with E-state index < -0.39 is 11.9 Å². The molecule has 0 saturated heterocycles. The number of fused-ring (bicyclic) bond motifs is 1. The lowest BCUT2D eigenvalue weighted by molar-refractivity contribution is -0.119. The first-order valence-electron chi connectivity index (χ1n) is 8.17. The number of nitrogens with one attached hydrogen (secondary N) is 1. The maximum absolute atomic E-state index is 12.2. The van der Waals surface area contributed by atoms with Crippen LogP contribution in [0, 0.1) is 6.92 Å². The van der Waals surface area contributed by atoms with Crippen LogP contribution in [-0.2, 0) is 9.53 Å². The summed E-state index contributed by atoms with van der Waals surface area (Å²) in [6, 6.07) is 18.5. The molecule has 3 aromatic rings. The summed E-state index contributed by atoms with van der Waals surface area (Å²) >= 11 is 0. The number of esters is 1. The van der Waals surface area contributed by atoms with E-state index in [1.807, 2.05) is 43.3 Å². The molecule has 132 valence electrons. The Bertz CT molecular complexity index is 965. The fourth-order valence-corrected chi connectivity index (χ4v) is 2.64. The van der Waals surface area contributed by atoms with Gasteiger partial charge in [0.15, 0.2) is 6.61 Å². The van der Waals surface area contributed by atoms with E-state index in [1.165, 1.54) is 7.11 Å². The molecule has 0 spiro atoms. The van der Waals surface area contributed by atoms with E-state index in [9.17, 15) is 9.59 Å². The maximum Gasteiger partial charge on any atom is 0.338 e. The van der Waals surface area contributed by atoms with E-state index >= 15 is 0 Å². The molecule has 0 aliphatic carbocycles. The number of hydrogen-bond acceptors (Lipinski definition) is 4. The Labute approximate surface area is 151 Å². The van der Waals surface area contributed by atoms with Gasteiger partial charge in [0.2, 0.25) is 0 Å². The molecular formula is C21H19NO4. The number of rotatable bonds is 5. The van der Waals surface area contributed by atoms with Gasteiger partial charge in [0.25, 0.3) is 5.91 Å². The third kappa shape index (κ3) is 4.00. The van der Waals surface area contributed by atoms with Crippen LogP contribution in [0.5, 0.6) is 5.75 Å². The Morgan fingerprint density at radius 2 is 1.73 bits per heavy atom. The minimum atomic E-state index is -0.540. The number of anilines is 1. The Morgan fingerprint density at radius 1 is 0.962 bits per heavy atom. The summed E-state index contributed by atoms with van der Waals surface area (Å²) in [6.07, 6.45) is 0. The van der Waals surface area contributed by atoms with Gasteiger partial charge in [0.05, 0.1) is 18.4 Å². The van der Waals surface area contributed by atoms with Crippen LogP contribution in [0.4, 0.5) is 5.69 Å². The Hall–Kier alpha value is -3.34. The molecular weight excluding hydrogens is 330 g/mol. The minimum absolute atomic E-state index is 0.372. The first-order chi connectivity index (χ1) is 12.6. The lowest BCUT2D eigenvalue weighted by Gasteiger charge is -2.11. The lowest BCUT2D eigenvalue weighted by Crippen LogP contribution is -2.21. The molecule has 5 nitrogen and oxygen atoms in total. The zero-order chi connectivity index (χ0) is 18.5. The zero-order valence-electron chi connectivity index (χ0n) is 14.6. The van der Waals surface area contributed by atoms with Crippen molar-refractivity contribution in [1.29, 1.82) is 0 Å². The number of carbonyl (C=O) groups is 2. The molecule has 26 heavy (non-hydrogen) atoms. The van der Waals surface area contributed by atoms with Crippen LogP contribution < -0.4 is 10.1 Å². The van der Waals surface area contributed by atoms with Crippen molar-refractivity contribution in [3.63, 3.8) is 0 Å². The van der Waals surface area contributed by atoms with Gasteiger partial charge < -0.3 is 14.8 Å². The summed E-state index contributed by atoms with van der Waals surface area (Å²) in [5, 5.41) is 4.67. The largest absolute Gasteiger partial charge is 0.495 e. The van der Waals surface area contributed by atoms with E-state index in [2.05, 4.69) is 5.32 Å². The second-order valence-electron chi connectivity index (χ2n) is 5.89. The zero-order valence-corrected chi connectivity index (χ0v) is 14.6. The van der Waals surface area contributed by atoms with Crippen molar-refractivity contribution in [2.45, 2.75) is 6.92 Å². The third-order valence-electron chi connectivity index (χ3n) is 3.95. The molecule has 0 bridgehead atoms. The molecule has 3 rings (SSSR count). The normalized spacial score (nSPS) is 10.4. The van der Waals surface area contributed by atoms with E-state index in [0.717, 1.165) is 16.3 Å². The Kier molecular flexibility index (Phi) is 5.17. The molecule has 0 unspecified atom stereocenters. The molecule has 1 amide bonds. The van der Waals surface area contributed by atoms with Crippen molar-refractivity contribution in [1.82, 2.24) is 0 Å². The molecule has 0 fully saturated rings. The van der Waals surface area contributed by atoms with Crippen molar-refractivity contribution in [2.24, 2.45) is 0 Å². The molecule has 0 aliphatic heterocycles. The van der Waals surface area contributed by atoms with Crippen molar-refractivity contribution in [2.75, 3.05) is 19.0 Å². The Balaban J connectivity index is 1.63. The minimum Gasteiger partial charge on any atom is -0.495 e. The average molecular weight is 349 g/mol. The van der Waals surface area contributed by atoms with Crippen LogP contribution in [0.1, 0.15) is 15.9 Å². The molecule has 0 heterocycles. The van der Waals surface area contributed by atoms with Gasteiger partial charge in [-0.3, -0.25) is 4.79 Å². The van der Waals surface area contributed by atoms with Crippen LogP contribution in [0.25, 0.3) is 10.8 Å². The maximum atomic E-state index is 12.2. The molecule has 3 aromatic carbocycles. The topological polar surface area (TPSA) is 64.6 Å². The quantitative estimate of drug-likeness (QED) is 0.708. The highest BCUT2D eigenvalue weighted by atomic mass is 16.5. The molecule has 0 saturated carbocycles. The van der Waals surface area contributed by atoms with Gasteiger partial charge in [-0.2, -0.15) is 0 Å². The molecule has 0 aliphatic rings. The first kappa shape index (κ1) is 17.5. The van der Waals surface area contributed by atoms with Crippen molar-refractivity contribution < 1.29 is 19.1 Å². The summed E-state index contributed by atoms with van der Waals surface area (Å²) in [4.78, 5) is 24.3. The second kappa shape index (κ2) is 7.70. The molecule has 5 heteroatoms. The van der Waals surface area contributed by atoms with Crippen LogP contribution >= 0.6 is 0 Å². The van der Waals surface area contributed by atoms with Gasteiger partial charge in [-0.25, -0.2) is 4.79 Å². The molecule has 0 aromatic heterocycles. The van der Waals surface area contributed by atoms with Crippen LogP contribution in [0.2, 0.25) is 0 Å². The van der Waals surface area contributed by atoms with Crippen LogP contribution in [0.15, 0.2) is 60.7 Å². The lowest BCUT2D eigenvalue weighted by atomic mass is 10.1. The number of ether oxygens (including phenoxy) is 2. The highest BCUT2D eigenvalue weighted by Gasteiger charge is 2.12. The number of methoxy groups -OCH3 is 1. The van der Waals surface area contributed by atoms with Gasteiger partial charge in [-0.05, 0) is 47.5 Å². The molecule has 0 atom stereocenters. The van der Waals surface area contributed by atoms with Crippen LogP contribution in [0.3, 0.4) is 0 Å². The predicted molar refractivity (Wildman–Crippen MR) is 101 cm³/mol. The molecule has 0 radical (unpaired) electrons. The van der Waals surface area contributed by atoms with Crippen molar-refractivity contribution in [3.8, 4) is 5.75 Å². The van der Waals surface area contributed by atoms with Crippen molar-refractivity contribution in [3.05, 3.63) is 71.8 Å². The summed E-state index contributed by atoms with van der Waals surface area (Å²) in [5.41, 5.74) is 1.93. The van der Waals surface area contributed by atoms with Gasteiger partial charge in [-0.15, -0.1) is 0 Å². The van der Waals surface area contributed by atoms with Crippen LogP contribution in [-0.4, -0.2) is 25.6 Å². The summed E-state index contributed by atoms with van der Waals surface area (Å²) in [6.45, 7) is 1.54. The van der Waals surface area contributed by atoms with Gasteiger partial charge in [0, 0.05) is 0 Å². The number of amides is 1. The molecule has 1 N–H and O–H groups in total. The smallest absolute Gasteiger partial charge is 0.338 e. The van der Waals surface area contributed by atoms with Gasteiger partial charge in [-0.1, -0.05) is 36.4 Å². The summed E-state index contributed by atoms with van der Waals surface area (Å²) < 4.78 is 10.3. The monoisotopic (exact) mass is 349 g/mol. The van der Waals surface area contributed by atoms with Crippen molar-refractivity contribution >= 4 is 28.3 Å². The highest BCUT2D eigenvalue weighted by Crippen LogP contribution is 2.25. The summed E-state index contributed by atoms with van der Waals surface area (Å²) in [5.74, 6) is -0.421. The fourth-order valence-electron chi connectivity index (χ4n) is 2.64. The highest BCUT2D eigenvalue weighted by molar-refractivity contribution is 5.98. The standard InChI is InChI=1S/C21H19NO4/c1-14-7-10-19(25-2)18(11-14)22-20(23)13-26-21(24)17-9-8-15-5-3-4-6-16(15)12-17/h3-12H,13H2,1-2H3,(H,22,23). The number of carbonyl (C=O) groups excluding carboxylic acids is 2. The number of benzene rings is 3. The second-order valence-corrected chi connectivity index (χ2v) is 5.89. The predicted octanol–water partition coefficient (Wildman–Crippen LogP) is 3.95. The fraction of sp³-hybridized carbons (Fsp3) is 0.143. The van der Waals surface area contributed by atoms with Gasteiger partial charge >= 0.3 is 5.97 Å². The SMILES string of the molecule is COc1ccc(C)cc1NC(=O)COC(=O)c1ccc2ccccc2c1. The summed E-state index contributed by atoms with van der Waals surface area (Å²) in [7, 11) is 1.53. The third-order valence-corrected chi connectivity index (χ3v) is 3.95. The van der Waals surface area contributed by atoms with E-state index in [0.29, 0.717) is 17.0 Å². The van der Waals surface area contributed by atoms with E-state index in [-0.39, 0.29) is 6.61 Å². The number of aryl methyl sites for hydroxylation is 1. The Morgan fingerprint density at radius 3 is 2.50 bits per heavy atom. The first-order valence-corrected chi connectivity index (χ1v) is 8.17. The average Bonchev–Trinajstić information content (AvgIpc) is 2.66. The van der Waals surface area contributed by atoms with E-state index in [1.54, 1.807) is 24.3 Å².